The van der Waals surface area contributed by atoms with Gasteiger partial charge in [-0.05, 0) is 0 Å². The highest BCUT2D eigenvalue weighted by Crippen LogP contribution is 2.01. The molecule has 0 aliphatic heterocycles. The largest absolute Gasteiger partial charge is 0.480 e. The molecule has 1 atom stereocenters. The molecule has 0 unspecified atom stereocenters. The Balaban J connectivity index is 3.36. The summed E-state index contributed by atoms with van der Waals surface area (Å²) in [5, 5.41) is 8.42. The van der Waals surface area contributed by atoms with E-state index in [1.165, 1.54) is 11.8 Å². The van der Waals surface area contributed by atoms with Crippen LogP contribution < -0.4 is 17.2 Å². The van der Waals surface area contributed by atoms with Gasteiger partial charge in [0.2, 0.25) is 0 Å². The summed E-state index contributed by atoms with van der Waals surface area (Å²) in [7, 11) is 0. The van der Waals surface area contributed by atoms with E-state index in [0.717, 1.165) is 0 Å². The van der Waals surface area contributed by atoms with Crippen LogP contribution >= 0.6 is 11.8 Å². The van der Waals surface area contributed by atoms with Crippen molar-refractivity contribution < 1.29 is 9.90 Å². The Morgan fingerprint density at radius 3 is 2.62 bits per heavy atom. The molecule has 13 heavy (non-hydrogen) atoms. The summed E-state index contributed by atoms with van der Waals surface area (Å²) in [5.41, 5.74) is 15.4. The standard InChI is InChI=1S/C6H14N4O2S/c7-4(5(11)12)3-13-2-1-10-6(8)9/h4H,1-3,7H2,(H,11,12)(H4,8,9,10)/t4-/m0/s1. The van der Waals surface area contributed by atoms with Gasteiger partial charge in [-0.1, -0.05) is 0 Å². The maximum atomic E-state index is 10.3. The van der Waals surface area contributed by atoms with Gasteiger partial charge in [0.25, 0.3) is 0 Å². The van der Waals surface area contributed by atoms with Gasteiger partial charge in [-0.15, -0.1) is 0 Å². The van der Waals surface area contributed by atoms with Crippen LogP contribution in [0.15, 0.2) is 4.99 Å². The number of aliphatic imine (C=N–C) groups is 1. The molecule has 0 amide bonds. The van der Waals surface area contributed by atoms with Gasteiger partial charge in [-0.25, -0.2) is 0 Å². The van der Waals surface area contributed by atoms with E-state index in [1.807, 2.05) is 0 Å². The van der Waals surface area contributed by atoms with E-state index in [2.05, 4.69) is 4.99 Å². The normalized spacial score (nSPS) is 12.1. The van der Waals surface area contributed by atoms with Crippen LogP contribution in [0.2, 0.25) is 0 Å². The van der Waals surface area contributed by atoms with Crippen molar-refractivity contribution in [3.63, 3.8) is 0 Å². The lowest BCUT2D eigenvalue weighted by molar-refractivity contribution is -0.137. The summed E-state index contributed by atoms with van der Waals surface area (Å²) in [6, 6.07) is -0.816. The topological polar surface area (TPSA) is 128 Å². The molecule has 0 rings (SSSR count). The van der Waals surface area contributed by atoms with E-state index < -0.39 is 12.0 Å². The monoisotopic (exact) mass is 206 g/mol. The van der Waals surface area contributed by atoms with E-state index >= 15 is 0 Å². The molecule has 0 bridgehead atoms. The summed E-state index contributed by atoms with van der Waals surface area (Å²) in [6.07, 6.45) is 0. The molecule has 0 spiro atoms. The smallest absolute Gasteiger partial charge is 0.321 e. The molecule has 0 aliphatic rings. The number of carboxylic acid groups (broad SMARTS) is 1. The van der Waals surface area contributed by atoms with E-state index in [-0.39, 0.29) is 5.96 Å². The number of hydrogen-bond donors (Lipinski definition) is 4. The van der Waals surface area contributed by atoms with Crippen LogP contribution in [0, 0.1) is 0 Å². The fourth-order valence-electron chi connectivity index (χ4n) is 0.521. The predicted octanol–water partition coefficient (Wildman–Crippen LogP) is -1.60. The van der Waals surface area contributed by atoms with Crippen LogP contribution in [0.5, 0.6) is 0 Å². The minimum atomic E-state index is -0.991. The van der Waals surface area contributed by atoms with Crippen molar-refractivity contribution in [3.8, 4) is 0 Å². The molecule has 0 heterocycles. The molecule has 0 aromatic carbocycles. The number of aliphatic carboxylic acids is 1. The minimum absolute atomic E-state index is 0.0446. The maximum Gasteiger partial charge on any atom is 0.321 e. The zero-order valence-corrected chi connectivity index (χ0v) is 7.96. The highest BCUT2D eigenvalue weighted by Gasteiger charge is 2.09. The zero-order valence-electron chi connectivity index (χ0n) is 7.14. The molecule has 0 aromatic heterocycles. The molecular formula is C6H14N4O2S. The van der Waals surface area contributed by atoms with Gasteiger partial charge in [0, 0.05) is 11.5 Å². The number of nitrogens with zero attached hydrogens (tertiary/aromatic N) is 1. The molecule has 0 aromatic rings. The molecule has 0 fully saturated rings. The SMILES string of the molecule is NC(N)=NCCSC[C@H](N)C(=O)O. The minimum Gasteiger partial charge on any atom is -0.480 e. The fourth-order valence-corrected chi connectivity index (χ4v) is 1.30. The van der Waals surface area contributed by atoms with Gasteiger partial charge in [0.05, 0.1) is 6.54 Å². The van der Waals surface area contributed by atoms with Crippen molar-refractivity contribution in [1.29, 1.82) is 0 Å². The molecule has 76 valence electrons. The first-order valence-corrected chi connectivity index (χ1v) is 4.81. The Hall–Kier alpha value is -0.950. The Morgan fingerprint density at radius 2 is 2.15 bits per heavy atom. The third-order valence-corrected chi connectivity index (χ3v) is 2.21. The number of thioether (sulfide) groups is 1. The Morgan fingerprint density at radius 1 is 1.54 bits per heavy atom. The second-order valence-electron chi connectivity index (χ2n) is 2.33. The number of hydrogen-bond acceptors (Lipinski definition) is 4. The van der Waals surface area contributed by atoms with Gasteiger partial charge in [-0.2, -0.15) is 11.8 Å². The molecule has 7 heteroatoms. The van der Waals surface area contributed by atoms with Crippen molar-refractivity contribution in [2.24, 2.45) is 22.2 Å². The first-order valence-electron chi connectivity index (χ1n) is 3.65. The van der Waals surface area contributed by atoms with Crippen molar-refractivity contribution in [2.75, 3.05) is 18.1 Å². The molecule has 6 nitrogen and oxygen atoms in total. The van der Waals surface area contributed by atoms with Gasteiger partial charge in [0.15, 0.2) is 5.96 Å². The number of rotatable bonds is 6. The number of carbonyl (C=O) groups is 1. The highest BCUT2D eigenvalue weighted by molar-refractivity contribution is 7.99. The number of guanidine groups is 1. The van der Waals surface area contributed by atoms with Gasteiger partial charge in [0.1, 0.15) is 6.04 Å². The maximum absolute atomic E-state index is 10.3. The van der Waals surface area contributed by atoms with Gasteiger partial charge >= 0.3 is 5.97 Å². The third-order valence-electron chi connectivity index (χ3n) is 1.14. The molecule has 7 N–H and O–H groups in total. The number of nitrogens with two attached hydrogens (primary N) is 3. The predicted molar refractivity (Wildman–Crippen MR) is 53.6 cm³/mol. The van der Waals surface area contributed by atoms with Crippen LogP contribution in [0.3, 0.4) is 0 Å². The van der Waals surface area contributed by atoms with E-state index in [4.69, 9.17) is 22.3 Å². The summed E-state index contributed by atoms with van der Waals surface area (Å²) in [6.45, 7) is 0.485. The Kier molecular flexibility index (Phi) is 6.07. The summed E-state index contributed by atoms with van der Waals surface area (Å²) in [4.78, 5) is 14.0. The average molecular weight is 206 g/mol. The lowest BCUT2D eigenvalue weighted by atomic mass is 10.4. The first kappa shape index (κ1) is 12.0. The highest BCUT2D eigenvalue weighted by atomic mass is 32.2. The summed E-state index contributed by atoms with van der Waals surface area (Å²) in [5.74, 6) is 0.0891. The quantitative estimate of drug-likeness (QED) is 0.235. The average Bonchev–Trinajstić information content (AvgIpc) is 2.02. The molecular weight excluding hydrogens is 192 g/mol. The van der Waals surface area contributed by atoms with E-state index in [1.54, 1.807) is 0 Å². The van der Waals surface area contributed by atoms with E-state index in [9.17, 15) is 4.79 Å². The summed E-state index contributed by atoms with van der Waals surface area (Å²) >= 11 is 1.41. The van der Waals surface area contributed by atoms with Gasteiger partial charge in [-0.3, -0.25) is 9.79 Å². The van der Waals surface area contributed by atoms with Crippen LogP contribution in [0.1, 0.15) is 0 Å². The Labute approximate surface area is 80.6 Å². The first-order chi connectivity index (χ1) is 6.04. The van der Waals surface area contributed by atoms with Crippen molar-refractivity contribution in [3.05, 3.63) is 0 Å². The second kappa shape index (κ2) is 6.55. The van der Waals surface area contributed by atoms with Crippen LogP contribution in [0.4, 0.5) is 0 Å². The van der Waals surface area contributed by atoms with Crippen LogP contribution in [-0.2, 0) is 4.79 Å². The molecule has 0 saturated heterocycles. The fraction of sp³-hybridized carbons (Fsp3) is 0.667. The summed E-state index contributed by atoms with van der Waals surface area (Å²) < 4.78 is 0. The lowest BCUT2D eigenvalue weighted by Gasteiger charge is -2.04. The van der Waals surface area contributed by atoms with Crippen molar-refractivity contribution in [1.82, 2.24) is 0 Å². The van der Waals surface area contributed by atoms with Crippen molar-refractivity contribution >= 4 is 23.7 Å². The second-order valence-corrected chi connectivity index (χ2v) is 3.48. The van der Waals surface area contributed by atoms with Crippen LogP contribution in [-0.4, -0.2) is 41.1 Å². The zero-order chi connectivity index (χ0) is 10.3. The number of carboxylic acids is 1. The van der Waals surface area contributed by atoms with E-state index in [0.29, 0.717) is 18.1 Å². The van der Waals surface area contributed by atoms with Crippen molar-refractivity contribution in [2.45, 2.75) is 6.04 Å². The molecule has 0 radical (unpaired) electrons. The Bertz CT molecular complexity index is 193. The third kappa shape index (κ3) is 7.41. The van der Waals surface area contributed by atoms with Crippen LogP contribution in [0.25, 0.3) is 0 Å². The molecule has 0 aliphatic carbocycles. The molecule has 0 saturated carbocycles. The lowest BCUT2D eigenvalue weighted by Crippen LogP contribution is -2.32. The van der Waals surface area contributed by atoms with Gasteiger partial charge < -0.3 is 22.3 Å².